The number of thioether (sulfide) groups is 1. The van der Waals surface area contributed by atoms with E-state index >= 15 is 0 Å². The van der Waals surface area contributed by atoms with E-state index in [1.54, 1.807) is 21.6 Å². The van der Waals surface area contributed by atoms with Gasteiger partial charge >= 0.3 is 0 Å². The van der Waals surface area contributed by atoms with Crippen LogP contribution in [0.15, 0.2) is 28.0 Å². The molecule has 174 valence electrons. The van der Waals surface area contributed by atoms with Crippen LogP contribution >= 0.6 is 24.0 Å². The van der Waals surface area contributed by atoms with Gasteiger partial charge in [0.25, 0.3) is 11.5 Å². The van der Waals surface area contributed by atoms with Crippen LogP contribution in [0.1, 0.15) is 43.7 Å². The highest BCUT2D eigenvalue weighted by molar-refractivity contribution is 8.26. The lowest BCUT2D eigenvalue weighted by Gasteiger charge is -2.32. The smallest absolute Gasteiger partial charge is 0.267 e. The number of hydrogen-bond donors (Lipinski definition) is 0. The minimum absolute atomic E-state index is 0.0219. The molecule has 5 heterocycles. The van der Waals surface area contributed by atoms with Gasteiger partial charge in [0.1, 0.15) is 15.8 Å². The Bertz CT molecular complexity index is 1190. The summed E-state index contributed by atoms with van der Waals surface area (Å²) >= 11 is 6.76. The molecule has 0 aliphatic carbocycles. The molecule has 2 aromatic heterocycles. The second-order valence-electron chi connectivity index (χ2n) is 9.14. The molecule has 0 spiro atoms. The Morgan fingerprint density at radius 1 is 1.27 bits per heavy atom. The van der Waals surface area contributed by atoms with Crippen LogP contribution in [0.4, 0.5) is 5.82 Å². The molecule has 0 radical (unpaired) electrons. The molecular weight excluding hydrogens is 456 g/mol. The van der Waals surface area contributed by atoms with Gasteiger partial charge in [-0.1, -0.05) is 37.0 Å². The van der Waals surface area contributed by atoms with Crippen LogP contribution in [0.3, 0.4) is 0 Å². The lowest BCUT2D eigenvalue weighted by Crippen LogP contribution is -2.36. The van der Waals surface area contributed by atoms with E-state index in [0.29, 0.717) is 38.7 Å². The molecule has 2 aromatic rings. The molecule has 0 bridgehead atoms. The molecule has 0 N–H and O–H groups in total. The quantitative estimate of drug-likeness (QED) is 0.485. The maximum atomic E-state index is 13.6. The predicted octanol–water partition coefficient (Wildman–Crippen LogP) is 3.62. The van der Waals surface area contributed by atoms with Gasteiger partial charge in [-0.25, -0.2) is 4.98 Å². The number of ether oxygens (including phenoxy) is 1. The topological polar surface area (TPSA) is 67.2 Å². The summed E-state index contributed by atoms with van der Waals surface area (Å²) in [6.07, 6.45) is 7.50. The van der Waals surface area contributed by atoms with E-state index in [0.717, 1.165) is 50.9 Å². The fraction of sp³-hybridized carbons (Fsp3) is 0.500. The summed E-state index contributed by atoms with van der Waals surface area (Å²) in [5.74, 6) is 1.15. The number of amides is 1. The zero-order valence-electron chi connectivity index (χ0n) is 19.0. The molecule has 0 saturated carbocycles. The second kappa shape index (κ2) is 9.19. The Balaban J connectivity index is 1.56. The third-order valence-electron chi connectivity index (χ3n) is 6.71. The molecule has 1 amide bonds. The normalized spacial score (nSPS) is 23.5. The zero-order valence-corrected chi connectivity index (χ0v) is 20.6. The lowest BCUT2D eigenvalue weighted by molar-refractivity contribution is -0.123. The maximum Gasteiger partial charge on any atom is 0.267 e. The van der Waals surface area contributed by atoms with Crippen molar-refractivity contribution in [1.82, 2.24) is 14.3 Å². The number of thiocarbonyl (C=S) groups is 1. The molecule has 0 aromatic carbocycles. The lowest BCUT2D eigenvalue weighted by atomic mass is 9.99. The van der Waals surface area contributed by atoms with Crippen molar-refractivity contribution in [2.24, 2.45) is 5.92 Å². The van der Waals surface area contributed by atoms with Crippen molar-refractivity contribution in [3.05, 3.63) is 44.7 Å². The van der Waals surface area contributed by atoms with Crippen LogP contribution in [0.5, 0.6) is 0 Å². The first-order valence-corrected chi connectivity index (χ1v) is 12.8. The van der Waals surface area contributed by atoms with Gasteiger partial charge < -0.3 is 9.64 Å². The van der Waals surface area contributed by atoms with Crippen LogP contribution in [-0.2, 0) is 9.53 Å². The molecule has 3 aliphatic rings. The molecule has 3 fully saturated rings. The number of anilines is 1. The highest BCUT2D eigenvalue weighted by Crippen LogP contribution is 2.35. The van der Waals surface area contributed by atoms with E-state index in [1.807, 2.05) is 19.1 Å². The molecule has 1 atom stereocenters. The molecular formula is C24H28N4O3S2. The Kier molecular flexibility index (Phi) is 6.28. The number of carbonyl (C=O) groups excluding carboxylic acids is 1. The number of hydrogen-bond acceptors (Lipinski definition) is 7. The van der Waals surface area contributed by atoms with Gasteiger partial charge in [-0.3, -0.25) is 18.9 Å². The van der Waals surface area contributed by atoms with Gasteiger partial charge in [-0.15, -0.1) is 0 Å². The molecule has 7 nitrogen and oxygen atoms in total. The van der Waals surface area contributed by atoms with Crippen molar-refractivity contribution in [2.75, 3.05) is 31.1 Å². The number of carbonyl (C=O) groups is 1. The first-order chi connectivity index (χ1) is 15.9. The van der Waals surface area contributed by atoms with Gasteiger partial charge in [0.15, 0.2) is 0 Å². The second-order valence-corrected chi connectivity index (χ2v) is 10.8. The van der Waals surface area contributed by atoms with Crippen molar-refractivity contribution in [3.8, 4) is 0 Å². The van der Waals surface area contributed by atoms with Crippen LogP contribution < -0.4 is 10.5 Å². The number of aryl methyl sites for hydroxylation is 1. The summed E-state index contributed by atoms with van der Waals surface area (Å²) in [6.45, 7) is 7.09. The summed E-state index contributed by atoms with van der Waals surface area (Å²) in [5, 5.41) is 0. The monoisotopic (exact) mass is 484 g/mol. The number of pyridine rings is 1. The maximum absolute atomic E-state index is 13.6. The van der Waals surface area contributed by atoms with Crippen LogP contribution in [0.2, 0.25) is 0 Å². The number of piperidine rings is 1. The minimum Gasteiger partial charge on any atom is -0.376 e. The standard InChI is InChI=1S/C24H28N4O3S2/c1-15-7-10-26(11-8-15)21-18(22(29)27-9-3-5-16(2)20(27)25-21)13-19-23(30)28(24(32)33-19)14-17-6-4-12-31-17/h3,5,9,13,15,17H,4,6-8,10-12,14H2,1-2H3/b19-13-. The third kappa shape index (κ3) is 4.34. The first-order valence-electron chi connectivity index (χ1n) is 11.6. The summed E-state index contributed by atoms with van der Waals surface area (Å²) in [7, 11) is 0. The summed E-state index contributed by atoms with van der Waals surface area (Å²) in [4.78, 5) is 36.0. The largest absolute Gasteiger partial charge is 0.376 e. The van der Waals surface area contributed by atoms with E-state index in [2.05, 4.69) is 11.8 Å². The fourth-order valence-electron chi connectivity index (χ4n) is 4.67. The Morgan fingerprint density at radius 3 is 2.79 bits per heavy atom. The molecule has 1 unspecified atom stereocenters. The Labute approximate surface area is 202 Å². The summed E-state index contributed by atoms with van der Waals surface area (Å²) in [5.41, 5.74) is 1.88. The van der Waals surface area contributed by atoms with Gasteiger partial charge in [0.2, 0.25) is 0 Å². The molecule has 5 rings (SSSR count). The highest BCUT2D eigenvalue weighted by Gasteiger charge is 2.35. The van der Waals surface area contributed by atoms with Gasteiger partial charge in [0, 0.05) is 25.9 Å². The van der Waals surface area contributed by atoms with E-state index < -0.39 is 0 Å². The summed E-state index contributed by atoms with van der Waals surface area (Å²) in [6, 6.07) is 3.80. The number of rotatable bonds is 4. The Morgan fingerprint density at radius 2 is 2.06 bits per heavy atom. The van der Waals surface area contributed by atoms with Gasteiger partial charge in [0.05, 0.1) is 23.1 Å². The average Bonchev–Trinajstić information content (AvgIpc) is 3.41. The molecule has 3 saturated heterocycles. The number of fused-ring (bicyclic) bond motifs is 1. The highest BCUT2D eigenvalue weighted by atomic mass is 32.2. The van der Waals surface area contributed by atoms with Crippen molar-refractivity contribution >= 4 is 51.7 Å². The van der Waals surface area contributed by atoms with E-state index in [4.69, 9.17) is 21.9 Å². The van der Waals surface area contributed by atoms with Gasteiger partial charge in [-0.2, -0.15) is 0 Å². The fourth-order valence-corrected chi connectivity index (χ4v) is 5.93. The van der Waals surface area contributed by atoms with Crippen molar-refractivity contribution in [2.45, 2.75) is 45.6 Å². The summed E-state index contributed by atoms with van der Waals surface area (Å²) < 4.78 is 7.79. The molecule has 3 aliphatic heterocycles. The van der Waals surface area contributed by atoms with Crippen molar-refractivity contribution in [1.29, 1.82) is 0 Å². The average molecular weight is 485 g/mol. The van der Waals surface area contributed by atoms with E-state index in [9.17, 15) is 9.59 Å². The van der Waals surface area contributed by atoms with Gasteiger partial charge in [-0.05, 0) is 56.2 Å². The third-order valence-corrected chi connectivity index (χ3v) is 8.08. The van der Waals surface area contributed by atoms with E-state index in [1.165, 1.54) is 11.8 Å². The molecule has 33 heavy (non-hydrogen) atoms. The number of nitrogens with zero attached hydrogens (tertiary/aromatic N) is 4. The molecule has 9 heteroatoms. The van der Waals surface area contributed by atoms with Crippen molar-refractivity contribution < 1.29 is 9.53 Å². The minimum atomic E-state index is -0.165. The Hall–Kier alpha value is -2.23. The number of aromatic nitrogens is 2. The zero-order chi connectivity index (χ0) is 23.1. The van der Waals surface area contributed by atoms with Crippen LogP contribution in [0, 0.1) is 12.8 Å². The van der Waals surface area contributed by atoms with E-state index in [-0.39, 0.29) is 17.6 Å². The first kappa shape index (κ1) is 22.6. The van der Waals surface area contributed by atoms with Crippen LogP contribution in [-0.4, -0.2) is 56.9 Å². The predicted molar refractivity (Wildman–Crippen MR) is 136 cm³/mol. The van der Waals surface area contributed by atoms with Crippen LogP contribution in [0.25, 0.3) is 11.7 Å². The van der Waals surface area contributed by atoms with Crippen molar-refractivity contribution in [3.63, 3.8) is 0 Å². The SMILES string of the molecule is Cc1cccn2c(=O)c(/C=C3\SC(=S)N(CC4CCCO4)C3=O)c(N3CCC(C)CC3)nc12.